The van der Waals surface area contributed by atoms with Gasteiger partial charge in [-0.05, 0) is 12.3 Å². The quantitative estimate of drug-likeness (QED) is 0.639. The molecule has 1 aromatic heterocycles. The molecule has 60 valence electrons. The number of rotatable bonds is 1. The number of hydrogen-bond acceptors (Lipinski definition) is 2. The summed E-state index contributed by atoms with van der Waals surface area (Å²) in [7, 11) is 1.92. The molecule has 0 amide bonds. The summed E-state index contributed by atoms with van der Waals surface area (Å²) in [5, 5.41) is 4.09. The third kappa shape index (κ3) is 0.878. The van der Waals surface area contributed by atoms with Crippen molar-refractivity contribution in [2.24, 2.45) is 18.7 Å². The normalized spacial score (nSPS) is 35.7. The van der Waals surface area contributed by atoms with Crippen molar-refractivity contribution >= 4 is 0 Å². The van der Waals surface area contributed by atoms with Crippen LogP contribution in [0.4, 0.5) is 0 Å². The molecule has 1 aromatic rings. The largest absolute Gasteiger partial charge is 0.321 e. The Morgan fingerprint density at radius 3 is 2.82 bits per heavy atom. The van der Waals surface area contributed by atoms with E-state index in [0.717, 1.165) is 6.42 Å². The first-order valence-electron chi connectivity index (χ1n) is 3.91. The van der Waals surface area contributed by atoms with E-state index < -0.39 is 0 Å². The van der Waals surface area contributed by atoms with Crippen molar-refractivity contribution in [2.45, 2.75) is 18.9 Å². The molecule has 11 heavy (non-hydrogen) atoms. The van der Waals surface area contributed by atoms with Crippen molar-refractivity contribution in [1.29, 1.82) is 0 Å². The molecular weight excluding hydrogens is 138 g/mol. The topological polar surface area (TPSA) is 43.8 Å². The van der Waals surface area contributed by atoms with Gasteiger partial charge >= 0.3 is 0 Å². The number of nitrogens with zero attached hydrogens (tertiary/aromatic N) is 2. The Morgan fingerprint density at radius 1 is 1.82 bits per heavy atom. The molecular formula is C8H13N3. The first-order valence-corrected chi connectivity index (χ1v) is 3.91. The minimum atomic E-state index is -0.0612. The van der Waals surface area contributed by atoms with Crippen molar-refractivity contribution in [3.63, 3.8) is 0 Å². The second-order valence-electron chi connectivity index (χ2n) is 3.55. The highest BCUT2D eigenvalue weighted by molar-refractivity contribution is 5.26. The lowest BCUT2D eigenvalue weighted by molar-refractivity contribution is 0.663. The van der Waals surface area contributed by atoms with Crippen molar-refractivity contribution in [1.82, 2.24) is 9.78 Å². The Bertz CT molecular complexity index is 279. The highest BCUT2D eigenvalue weighted by Crippen LogP contribution is 2.48. The van der Waals surface area contributed by atoms with Gasteiger partial charge in [-0.3, -0.25) is 4.68 Å². The average molecular weight is 151 g/mol. The third-order valence-electron chi connectivity index (χ3n) is 2.61. The molecule has 1 fully saturated rings. The number of aromatic nitrogens is 2. The molecule has 2 N–H and O–H groups in total. The average Bonchev–Trinajstić information content (AvgIpc) is 2.44. The second kappa shape index (κ2) is 1.85. The van der Waals surface area contributed by atoms with E-state index in [1.165, 1.54) is 5.56 Å². The number of aryl methyl sites for hydroxylation is 1. The maximum Gasteiger partial charge on any atom is 0.0540 e. The fraction of sp³-hybridized carbons (Fsp3) is 0.625. The standard InChI is InChI=1S/C8H13N3/c1-6-3-8(6,9)7-4-10-11(2)5-7/h4-6H,3,9H2,1-2H3/t6-,8-/m0/s1. The van der Waals surface area contributed by atoms with E-state index in [4.69, 9.17) is 5.73 Å². The van der Waals surface area contributed by atoms with Crippen LogP contribution in [-0.4, -0.2) is 9.78 Å². The highest BCUT2D eigenvalue weighted by Gasteiger charge is 2.49. The summed E-state index contributed by atoms with van der Waals surface area (Å²) in [6.07, 6.45) is 4.96. The Labute approximate surface area is 66.2 Å². The molecule has 0 spiro atoms. The summed E-state index contributed by atoms with van der Waals surface area (Å²) in [5.41, 5.74) is 7.18. The minimum absolute atomic E-state index is 0.0612. The first kappa shape index (κ1) is 6.85. The Kier molecular flexibility index (Phi) is 1.16. The van der Waals surface area contributed by atoms with Crippen molar-refractivity contribution in [3.8, 4) is 0 Å². The van der Waals surface area contributed by atoms with E-state index in [1.807, 2.05) is 19.4 Å². The molecule has 0 radical (unpaired) electrons. The molecule has 1 aliphatic rings. The van der Waals surface area contributed by atoms with E-state index in [1.54, 1.807) is 4.68 Å². The number of hydrogen-bond donors (Lipinski definition) is 1. The molecule has 2 atom stereocenters. The van der Waals surface area contributed by atoms with Crippen LogP contribution in [0.1, 0.15) is 18.9 Å². The Morgan fingerprint density at radius 2 is 2.45 bits per heavy atom. The molecule has 0 aliphatic heterocycles. The lowest BCUT2D eigenvalue weighted by Crippen LogP contribution is -2.20. The molecule has 0 saturated heterocycles. The van der Waals surface area contributed by atoms with Crippen LogP contribution in [0.2, 0.25) is 0 Å². The van der Waals surface area contributed by atoms with Crippen LogP contribution in [-0.2, 0) is 12.6 Å². The predicted molar refractivity (Wildman–Crippen MR) is 42.9 cm³/mol. The maximum atomic E-state index is 6.07. The van der Waals surface area contributed by atoms with Gasteiger partial charge in [0.25, 0.3) is 0 Å². The number of nitrogens with two attached hydrogens (primary N) is 1. The van der Waals surface area contributed by atoms with Gasteiger partial charge in [0.2, 0.25) is 0 Å². The first-order chi connectivity index (χ1) is 5.13. The van der Waals surface area contributed by atoms with Gasteiger partial charge < -0.3 is 5.73 Å². The molecule has 1 aliphatic carbocycles. The zero-order valence-electron chi connectivity index (χ0n) is 6.91. The van der Waals surface area contributed by atoms with Gasteiger partial charge in [-0.1, -0.05) is 6.92 Å². The molecule has 2 rings (SSSR count). The zero-order chi connectivity index (χ0) is 8.06. The van der Waals surface area contributed by atoms with E-state index in [2.05, 4.69) is 12.0 Å². The van der Waals surface area contributed by atoms with Gasteiger partial charge in [0.1, 0.15) is 0 Å². The van der Waals surface area contributed by atoms with Gasteiger partial charge in [-0.15, -0.1) is 0 Å². The smallest absolute Gasteiger partial charge is 0.0540 e. The van der Waals surface area contributed by atoms with Crippen molar-refractivity contribution < 1.29 is 0 Å². The summed E-state index contributed by atoms with van der Waals surface area (Å²) in [6.45, 7) is 2.17. The minimum Gasteiger partial charge on any atom is -0.321 e. The van der Waals surface area contributed by atoms with Gasteiger partial charge in [0, 0.05) is 24.3 Å². The van der Waals surface area contributed by atoms with Crippen LogP contribution in [0.25, 0.3) is 0 Å². The van der Waals surface area contributed by atoms with Crippen molar-refractivity contribution in [3.05, 3.63) is 18.0 Å². The van der Waals surface area contributed by atoms with Crippen LogP contribution >= 0.6 is 0 Å². The molecule has 0 bridgehead atoms. The zero-order valence-corrected chi connectivity index (χ0v) is 6.91. The SMILES string of the molecule is C[C@H]1C[C@@]1(N)c1cnn(C)c1. The fourth-order valence-electron chi connectivity index (χ4n) is 1.51. The lowest BCUT2D eigenvalue weighted by Gasteiger charge is -2.04. The van der Waals surface area contributed by atoms with Gasteiger partial charge in [0.15, 0.2) is 0 Å². The van der Waals surface area contributed by atoms with E-state index in [9.17, 15) is 0 Å². The van der Waals surface area contributed by atoms with Crippen LogP contribution in [0.5, 0.6) is 0 Å². The molecule has 0 unspecified atom stereocenters. The van der Waals surface area contributed by atoms with Crippen LogP contribution < -0.4 is 5.73 Å². The Hall–Kier alpha value is -0.830. The second-order valence-corrected chi connectivity index (χ2v) is 3.55. The van der Waals surface area contributed by atoms with Crippen LogP contribution in [0.15, 0.2) is 12.4 Å². The molecule has 3 heteroatoms. The fourth-order valence-corrected chi connectivity index (χ4v) is 1.51. The van der Waals surface area contributed by atoms with E-state index in [-0.39, 0.29) is 5.54 Å². The van der Waals surface area contributed by atoms with Crippen molar-refractivity contribution in [2.75, 3.05) is 0 Å². The Balaban J connectivity index is 2.31. The molecule has 1 saturated carbocycles. The summed E-state index contributed by atoms with van der Waals surface area (Å²) in [5.74, 6) is 0.617. The highest BCUT2D eigenvalue weighted by atomic mass is 15.2. The summed E-state index contributed by atoms with van der Waals surface area (Å²) in [6, 6.07) is 0. The summed E-state index contributed by atoms with van der Waals surface area (Å²) >= 11 is 0. The summed E-state index contributed by atoms with van der Waals surface area (Å²) in [4.78, 5) is 0. The van der Waals surface area contributed by atoms with E-state index >= 15 is 0 Å². The van der Waals surface area contributed by atoms with Crippen LogP contribution in [0.3, 0.4) is 0 Å². The molecule has 1 heterocycles. The lowest BCUT2D eigenvalue weighted by atomic mass is 10.1. The molecule has 0 aromatic carbocycles. The summed E-state index contributed by atoms with van der Waals surface area (Å²) < 4.78 is 1.80. The van der Waals surface area contributed by atoms with Crippen LogP contribution in [0, 0.1) is 5.92 Å². The third-order valence-corrected chi connectivity index (χ3v) is 2.61. The van der Waals surface area contributed by atoms with E-state index in [0.29, 0.717) is 5.92 Å². The van der Waals surface area contributed by atoms with Gasteiger partial charge in [-0.2, -0.15) is 5.10 Å². The molecule has 3 nitrogen and oxygen atoms in total. The maximum absolute atomic E-state index is 6.07. The monoisotopic (exact) mass is 151 g/mol. The van der Waals surface area contributed by atoms with Gasteiger partial charge in [-0.25, -0.2) is 0 Å². The van der Waals surface area contributed by atoms with Gasteiger partial charge in [0.05, 0.1) is 6.20 Å². The predicted octanol–water partition coefficient (Wildman–Crippen LogP) is 0.614.